The van der Waals surface area contributed by atoms with Gasteiger partial charge in [-0.05, 0) is 19.1 Å². The van der Waals surface area contributed by atoms with Crippen LogP contribution in [0.25, 0.3) is 0 Å². The van der Waals surface area contributed by atoms with Crippen molar-refractivity contribution in [1.29, 1.82) is 0 Å². The normalized spacial score (nSPS) is 10.3. The Morgan fingerprint density at radius 3 is 2.74 bits per heavy atom. The van der Waals surface area contributed by atoms with Crippen LogP contribution in [0.5, 0.6) is 0 Å². The third-order valence-corrected chi connectivity index (χ3v) is 4.75. The van der Waals surface area contributed by atoms with Crippen molar-refractivity contribution in [2.24, 2.45) is 0 Å². The zero-order valence-electron chi connectivity index (χ0n) is 12.8. The number of carbonyl (C=O) groups excluding carboxylic acids is 3. The maximum atomic E-state index is 12.0. The summed E-state index contributed by atoms with van der Waals surface area (Å²) in [6, 6.07) is 3.44. The number of aromatic nitrogens is 1. The van der Waals surface area contributed by atoms with Crippen LogP contribution in [0.3, 0.4) is 0 Å². The summed E-state index contributed by atoms with van der Waals surface area (Å²) in [6.45, 7) is 3.39. The summed E-state index contributed by atoms with van der Waals surface area (Å²) in [5.74, 6) is -0.858. The van der Waals surface area contributed by atoms with Gasteiger partial charge in [-0.25, -0.2) is 4.98 Å². The predicted molar refractivity (Wildman–Crippen MR) is 87.7 cm³/mol. The number of nitrogens with one attached hydrogen (secondary N) is 1. The summed E-state index contributed by atoms with van der Waals surface area (Å²) in [7, 11) is 0. The van der Waals surface area contributed by atoms with Crippen LogP contribution in [0.15, 0.2) is 17.5 Å². The van der Waals surface area contributed by atoms with Gasteiger partial charge in [0.15, 0.2) is 6.61 Å². The van der Waals surface area contributed by atoms with Crippen LogP contribution in [-0.2, 0) is 27.3 Å². The van der Waals surface area contributed by atoms with Gasteiger partial charge < -0.3 is 10.1 Å². The summed E-state index contributed by atoms with van der Waals surface area (Å²) < 4.78 is 4.99. The van der Waals surface area contributed by atoms with E-state index in [1.54, 1.807) is 17.5 Å². The van der Waals surface area contributed by atoms with Crippen molar-refractivity contribution in [1.82, 2.24) is 10.3 Å². The van der Waals surface area contributed by atoms with Crippen LogP contribution < -0.4 is 5.32 Å². The number of amides is 1. The number of hydrogen-bond donors (Lipinski definition) is 1. The molecule has 0 spiro atoms. The van der Waals surface area contributed by atoms with Crippen molar-refractivity contribution in [2.45, 2.75) is 26.8 Å². The van der Waals surface area contributed by atoms with Gasteiger partial charge in [0.05, 0.1) is 28.5 Å². The lowest BCUT2D eigenvalue weighted by molar-refractivity contribution is -0.141. The summed E-state index contributed by atoms with van der Waals surface area (Å²) in [6.07, 6.45) is 0.0653. The average molecular weight is 352 g/mol. The first kappa shape index (κ1) is 17.3. The highest BCUT2D eigenvalue weighted by Crippen LogP contribution is 2.17. The van der Waals surface area contributed by atoms with Gasteiger partial charge in [-0.15, -0.1) is 22.7 Å². The summed E-state index contributed by atoms with van der Waals surface area (Å²) >= 11 is 2.74. The third-order valence-electron chi connectivity index (χ3n) is 2.80. The number of aryl methyl sites for hydroxylation is 1. The summed E-state index contributed by atoms with van der Waals surface area (Å²) in [5.41, 5.74) is 0.652. The molecule has 1 amide bonds. The molecule has 8 heteroatoms. The molecular formula is C15H16N2O4S2. The van der Waals surface area contributed by atoms with Crippen LogP contribution in [0.2, 0.25) is 0 Å². The number of nitrogens with zero attached hydrogens (tertiary/aromatic N) is 1. The molecule has 0 aliphatic heterocycles. The molecule has 23 heavy (non-hydrogen) atoms. The first-order valence-corrected chi connectivity index (χ1v) is 8.56. The molecule has 2 rings (SSSR count). The molecule has 2 aromatic rings. The molecule has 0 fully saturated rings. The number of rotatable bonds is 7. The smallest absolute Gasteiger partial charge is 0.312 e. The second kappa shape index (κ2) is 7.98. The van der Waals surface area contributed by atoms with E-state index in [0.29, 0.717) is 17.1 Å². The van der Waals surface area contributed by atoms with E-state index in [4.69, 9.17) is 4.74 Å². The molecule has 0 atom stereocenters. The number of ketones is 1. The predicted octanol–water partition coefficient (Wildman–Crippen LogP) is 2.12. The Labute approximate surface area is 141 Å². The fourth-order valence-corrected chi connectivity index (χ4v) is 3.22. The van der Waals surface area contributed by atoms with E-state index in [0.717, 1.165) is 9.88 Å². The van der Waals surface area contributed by atoms with Gasteiger partial charge in [0.25, 0.3) is 0 Å². The Morgan fingerprint density at radius 2 is 2.09 bits per heavy atom. The highest BCUT2D eigenvalue weighted by molar-refractivity contribution is 7.14. The second-order valence-corrected chi connectivity index (χ2v) is 7.02. The summed E-state index contributed by atoms with van der Waals surface area (Å²) in [5, 5.41) is 5.34. The Bertz CT molecular complexity index is 721. The lowest BCUT2D eigenvalue weighted by atomic mass is 10.3. The lowest BCUT2D eigenvalue weighted by Gasteiger charge is -2.02. The molecule has 122 valence electrons. The molecule has 2 aromatic heterocycles. The average Bonchev–Trinajstić information content (AvgIpc) is 3.12. The van der Waals surface area contributed by atoms with Crippen LogP contribution in [-0.4, -0.2) is 29.3 Å². The Balaban J connectivity index is 1.80. The minimum absolute atomic E-state index is 0.0653. The van der Waals surface area contributed by atoms with E-state index < -0.39 is 5.97 Å². The van der Waals surface area contributed by atoms with Crippen molar-refractivity contribution in [2.75, 3.05) is 6.61 Å². The van der Waals surface area contributed by atoms with Gasteiger partial charge in [-0.2, -0.15) is 0 Å². The van der Waals surface area contributed by atoms with Crippen molar-refractivity contribution in [3.63, 3.8) is 0 Å². The highest BCUT2D eigenvalue weighted by atomic mass is 32.1. The fourth-order valence-electron chi connectivity index (χ4n) is 1.74. The molecule has 1 N–H and O–H groups in total. The van der Waals surface area contributed by atoms with Crippen molar-refractivity contribution < 1.29 is 19.1 Å². The van der Waals surface area contributed by atoms with Gasteiger partial charge >= 0.3 is 5.97 Å². The topological polar surface area (TPSA) is 85.4 Å². The van der Waals surface area contributed by atoms with Crippen LogP contribution in [0, 0.1) is 6.92 Å². The van der Waals surface area contributed by atoms with Crippen molar-refractivity contribution in [3.8, 4) is 0 Å². The number of ether oxygens (including phenoxy) is 1. The number of hydrogen-bond acceptors (Lipinski definition) is 7. The fraction of sp³-hybridized carbons (Fsp3) is 0.333. The van der Waals surface area contributed by atoms with Gasteiger partial charge in [-0.3, -0.25) is 14.4 Å². The zero-order chi connectivity index (χ0) is 16.8. The third kappa shape index (κ3) is 5.57. The Hall–Kier alpha value is -2.06. The molecule has 0 saturated heterocycles. The first-order valence-electron chi connectivity index (χ1n) is 6.87. The number of Topliss-reactive ketones (excluding diaryl/α,β-unsaturated/α-hetero) is 1. The van der Waals surface area contributed by atoms with Gasteiger partial charge in [0, 0.05) is 17.2 Å². The molecule has 0 unspecified atom stereocenters. The number of carbonyl (C=O) groups is 3. The Kier molecular flexibility index (Phi) is 6.00. The van der Waals surface area contributed by atoms with Crippen LogP contribution in [0.4, 0.5) is 0 Å². The first-order chi connectivity index (χ1) is 10.9. The maximum Gasteiger partial charge on any atom is 0.312 e. The number of esters is 1. The van der Waals surface area contributed by atoms with Gasteiger partial charge in [-0.1, -0.05) is 0 Å². The van der Waals surface area contributed by atoms with Gasteiger partial charge in [0.1, 0.15) is 0 Å². The van der Waals surface area contributed by atoms with Crippen LogP contribution in [0.1, 0.15) is 32.2 Å². The molecular weight excluding hydrogens is 336 g/mol. The molecule has 2 heterocycles. The maximum absolute atomic E-state index is 12.0. The molecule has 6 nitrogen and oxygen atoms in total. The zero-order valence-corrected chi connectivity index (χ0v) is 14.4. The minimum atomic E-state index is -0.473. The molecule has 0 aliphatic rings. The Morgan fingerprint density at radius 1 is 1.30 bits per heavy atom. The van der Waals surface area contributed by atoms with Gasteiger partial charge in [0.2, 0.25) is 11.7 Å². The van der Waals surface area contributed by atoms with Crippen molar-refractivity contribution in [3.05, 3.63) is 38.0 Å². The minimum Gasteiger partial charge on any atom is -0.457 e. The van der Waals surface area contributed by atoms with Crippen molar-refractivity contribution >= 4 is 40.3 Å². The van der Waals surface area contributed by atoms with E-state index in [1.807, 2.05) is 6.92 Å². The standard InChI is InChI=1S/C15H16N2O4S2/c1-9(18)16-6-12-3-4-14(23-12)13(19)7-21-15(20)5-11-8-22-10(2)17-11/h3-4,8H,5-7H2,1-2H3,(H,16,18). The molecule has 0 radical (unpaired) electrons. The quantitative estimate of drug-likeness (QED) is 0.609. The van der Waals surface area contributed by atoms with E-state index in [1.165, 1.54) is 29.6 Å². The number of thiophene rings is 1. The molecule has 0 bridgehead atoms. The highest BCUT2D eigenvalue weighted by Gasteiger charge is 2.14. The SMILES string of the molecule is CC(=O)NCc1ccc(C(=O)COC(=O)Cc2csc(C)n2)s1. The molecule has 0 aliphatic carbocycles. The summed E-state index contributed by atoms with van der Waals surface area (Å²) in [4.78, 5) is 40.1. The van der Waals surface area contributed by atoms with E-state index in [9.17, 15) is 14.4 Å². The molecule has 0 aromatic carbocycles. The molecule has 0 saturated carbocycles. The van der Waals surface area contributed by atoms with Crippen LogP contribution >= 0.6 is 22.7 Å². The van der Waals surface area contributed by atoms with E-state index in [-0.39, 0.29) is 24.7 Å². The van der Waals surface area contributed by atoms with E-state index in [2.05, 4.69) is 10.3 Å². The van der Waals surface area contributed by atoms with E-state index >= 15 is 0 Å². The lowest BCUT2D eigenvalue weighted by Crippen LogP contribution is -2.18. The monoisotopic (exact) mass is 352 g/mol. The second-order valence-electron chi connectivity index (χ2n) is 4.79. The number of thiazole rings is 1. The largest absolute Gasteiger partial charge is 0.457 e.